The Kier molecular flexibility index (Phi) is 5.15. The molecule has 7 nitrogen and oxygen atoms in total. The highest BCUT2D eigenvalue weighted by molar-refractivity contribution is 6.76. The first-order chi connectivity index (χ1) is 14.2. The average molecular weight is 426 g/mol. The summed E-state index contributed by atoms with van der Waals surface area (Å²) in [5, 5.41) is 11.4. The van der Waals surface area contributed by atoms with Gasteiger partial charge in [-0.25, -0.2) is 9.78 Å². The van der Waals surface area contributed by atoms with Crippen molar-refractivity contribution in [2.24, 2.45) is 0 Å². The molecule has 1 atom stereocenters. The van der Waals surface area contributed by atoms with E-state index < -0.39 is 19.6 Å². The molecule has 158 valence electrons. The normalized spacial score (nSPS) is 19.8. The largest absolute Gasteiger partial charge is 0.465 e. The van der Waals surface area contributed by atoms with Gasteiger partial charge in [0.25, 0.3) is 0 Å². The highest BCUT2D eigenvalue weighted by Gasteiger charge is 2.54. The van der Waals surface area contributed by atoms with Crippen molar-refractivity contribution in [2.45, 2.75) is 43.9 Å². The zero-order valence-electron chi connectivity index (χ0n) is 17.6. The third kappa shape index (κ3) is 3.72. The van der Waals surface area contributed by atoms with Gasteiger partial charge in [0, 0.05) is 32.1 Å². The SMILES string of the molecule is C[Si](C)(C)CCOCN1C(=O)C2(Cc3ccc(NC(=O)O)cc3C2)c2cccnc21. The highest BCUT2D eigenvalue weighted by Crippen LogP contribution is 2.49. The summed E-state index contributed by atoms with van der Waals surface area (Å²) in [6.45, 7) is 7.74. The number of fused-ring (bicyclic) bond motifs is 3. The Morgan fingerprint density at radius 2 is 2.03 bits per heavy atom. The first-order valence-corrected chi connectivity index (χ1v) is 13.9. The monoisotopic (exact) mass is 425 g/mol. The van der Waals surface area contributed by atoms with Crippen LogP contribution in [-0.4, -0.2) is 43.5 Å². The number of pyridine rings is 1. The van der Waals surface area contributed by atoms with Crippen LogP contribution in [0, 0.1) is 0 Å². The van der Waals surface area contributed by atoms with Crippen LogP contribution in [0.15, 0.2) is 36.5 Å². The Balaban J connectivity index is 1.58. The van der Waals surface area contributed by atoms with Crippen LogP contribution in [0.3, 0.4) is 0 Å². The molecule has 0 radical (unpaired) electrons. The molecule has 0 saturated carbocycles. The second kappa shape index (κ2) is 7.52. The van der Waals surface area contributed by atoms with Crippen LogP contribution in [-0.2, 0) is 27.8 Å². The summed E-state index contributed by atoms with van der Waals surface area (Å²) in [4.78, 5) is 30.8. The van der Waals surface area contributed by atoms with Crippen molar-refractivity contribution in [3.05, 3.63) is 53.2 Å². The summed E-state index contributed by atoms with van der Waals surface area (Å²) in [7, 11) is -1.21. The maximum Gasteiger partial charge on any atom is 0.409 e. The number of carbonyl (C=O) groups is 2. The van der Waals surface area contributed by atoms with Crippen molar-refractivity contribution in [3.8, 4) is 0 Å². The Morgan fingerprint density at radius 1 is 1.27 bits per heavy atom. The van der Waals surface area contributed by atoms with E-state index in [0.29, 0.717) is 31.0 Å². The van der Waals surface area contributed by atoms with Crippen molar-refractivity contribution >= 4 is 31.6 Å². The van der Waals surface area contributed by atoms with Crippen LogP contribution in [0.25, 0.3) is 0 Å². The van der Waals surface area contributed by atoms with E-state index in [0.717, 1.165) is 22.7 Å². The maximum absolute atomic E-state index is 13.6. The lowest BCUT2D eigenvalue weighted by atomic mass is 9.79. The molecular weight excluding hydrogens is 398 g/mol. The predicted octanol–water partition coefficient (Wildman–Crippen LogP) is 3.87. The number of carboxylic acid groups (broad SMARTS) is 1. The zero-order chi connectivity index (χ0) is 21.5. The molecule has 1 aromatic heterocycles. The van der Waals surface area contributed by atoms with Crippen molar-refractivity contribution in [2.75, 3.05) is 23.6 Å². The van der Waals surface area contributed by atoms with E-state index in [1.165, 1.54) is 0 Å². The number of hydrogen-bond acceptors (Lipinski definition) is 4. The maximum atomic E-state index is 13.6. The van der Waals surface area contributed by atoms with Gasteiger partial charge in [-0.3, -0.25) is 15.0 Å². The van der Waals surface area contributed by atoms with Gasteiger partial charge in [0.15, 0.2) is 0 Å². The van der Waals surface area contributed by atoms with Crippen LogP contribution < -0.4 is 10.2 Å². The summed E-state index contributed by atoms with van der Waals surface area (Å²) in [6, 6.07) is 10.4. The molecule has 2 heterocycles. The Hall–Kier alpha value is -2.71. The minimum absolute atomic E-state index is 0.00754. The molecule has 0 saturated heterocycles. The van der Waals surface area contributed by atoms with E-state index >= 15 is 0 Å². The molecule has 1 aromatic carbocycles. The van der Waals surface area contributed by atoms with E-state index in [-0.39, 0.29) is 12.6 Å². The standard InChI is InChI=1S/C22H27N3O4Si/c1-30(2,3)10-9-29-14-25-19-18(5-4-8-23-19)22(20(25)26)12-15-6-7-17(24-21(27)28)11-16(15)13-22/h4-8,11,24H,9-10,12-14H2,1-3H3,(H,27,28). The van der Waals surface area contributed by atoms with Gasteiger partial charge in [-0.15, -0.1) is 0 Å². The van der Waals surface area contributed by atoms with Gasteiger partial charge in [0.05, 0.1) is 5.41 Å². The van der Waals surface area contributed by atoms with Crippen LogP contribution in [0.4, 0.5) is 16.3 Å². The Bertz CT molecular complexity index is 1000. The fourth-order valence-electron chi connectivity index (χ4n) is 4.33. The molecule has 30 heavy (non-hydrogen) atoms. The zero-order valence-corrected chi connectivity index (χ0v) is 18.6. The molecule has 2 N–H and O–H groups in total. The van der Waals surface area contributed by atoms with Crippen molar-refractivity contribution < 1.29 is 19.4 Å². The number of rotatable bonds is 6. The number of hydrogen-bond donors (Lipinski definition) is 2. The van der Waals surface area contributed by atoms with Crippen LogP contribution in [0.2, 0.25) is 25.7 Å². The molecule has 2 aromatic rings. The topological polar surface area (TPSA) is 91.8 Å². The van der Waals surface area contributed by atoms with Gasteiger partial charge in [0.2, 0.25) is 5.91 Å². The van der Waals surface area contributed by atoms with Crippen molar-refractivity contribution in [1.82, 2.24) is 4.98 Å². The quantitative estimate of drug-likeness (QED) is 0.541. The molecule has 1 aliphatic heterocycles. The van der Waals surface area contributed by atoms with E-state index in [9.17, 15) is 9.59 Å². The molecule has 4 rings (SSSR count). The molecule has 1 aliphatic carbocycles. The molecule has 1 unspecified atom stereocenters. The number of amides is 2. The van der Waals surface area contributed by atoms with Crippen LogP contribution >= 0.6 is 0 Å². The third-order valence-corrected chi connectivity index (χ3v) is 7.58. The number of benzene rings is 1. The minimum atomic E-state index is -1.21. The van der Waals surface area contributed by atoms with Crippen LogP contribution in [0.1, 0.15) is 16.7 Å². The molecule has 2 amide bonds. The average Bonchev–Trinajstić information content (AvgIpc) is 3.15. The number of nitrogens with zero attached hydrogens (tertiary/aromatic N) is 2. The summed E-state index contributed by atoms with van der Waals surface area (Å²) in [6.07, 6.45) is 1.71. The third-order valence-electron chi connectivity index (χ3n) is 5.87. The van der Waals surface area contributed by atoms with E-state index in [1.807, 2.05) is 24.3 Å². The Labute approximate surface area is 177 Å². The molecule has 2 aliphatic rings. The lowest BCUT2D eigenvalue weighted by Gasteiger charge is -2.23. The number of nitrogens with one attached hydrogen (secondary N) is 1. The molecule has 0 bridgehead atoms. The summed E-state index contributed by atoms with van der Waals surface area (Å²) < 4.78 is 5.89. The minimum Gasteiger partial charge on any atom is -0.465 e. The van der Waals surface area contributed by atoms with E-state index in [2.05, 4.69) is 29.9 Å². The van der Waals surface area contributed by atoms with Gasteiger partial charge in [-0.1, -0.05) is 31.8 Å². The van der Waals surface area contributed by atoms with Gasteiger partial charge in [-0.2, -0.15) is 0 Å². The Morgan fingerprint density at radius 3 is 2.77 bits per heavy atom. The molecule has 8 heteroatoms. The fraction of sp³-hybridized carbons (Fsp3) is 0.409. The number of aromatic nitrogens is 1. The lowest BCUT2D eigenvalue weighted by molar-refractivity contribution is -0.124. The highest BCUT2D eigenvalue weighted by atomic mass is 28.3. The first kappa shape index (κ1) is 20.6. The van der Waals surface area contributed by atoms with Gasteiger partial charge >= 0.3 is 6.09 Å². The van der Waals surface area contributed by atoms with Gasteiger partial charge in [-0.05, 0) is 48.2 Å². The van der Waals surface area contributed by atoms with Gasteiger partial charge < -0.3 is 9.84 Å². The second-order valence-corrected chi connectivity index (χ2v) is 14.9. The summed E-state index contributed by atoms with van der Waals surface area (Å²) >= 11 is 0. The number of carbonyl (C=O) groups excluding carboxylic acids is 1. The van der Waals surface area contributed by atoms with Crippen molar-refractivity contribution in [1.29, 1.82) is 0 Å². The molecular formula is C22H27N3O4Si. The summed E-state index contributed by atoms with van der Waals surface area (Å²) in [5.41, 5.74) is 2.80. The second-order valence-electron chi connectivity index (χ2n) is 9.31. The molecule has 1 spiro atoms. The first-order valence-electron chi connectivity index (χ1n) is 10.2. The van der Waals surface area contributed by atoms with Gasteiger partial charge in [0.1, 0.15) is 12.5 Å². The smallest absolute Gasteiger partial charge is 0.409 e. The molecule has 0 fully saturated rings. The van der Waals surface area contributed by atoms with Crippen LogP contribution in [0.5, 0.6) is 0 Å². The summed E-state index contributed by atoms with van der Waals surface area (Å²) in [5.74, 6) is 0.681. The number of anilines is 2. The van der Waals surface area contributed by atoms with Crippen molar-refractivity contribution in [3.63, 3.8) is 0 Å². The number of ether oxygens (including phenoxy) is 1. The fourth-order valence-corrected chi connectivity index (χ4v) is 5.08. The predicted molar refractivity (Wildman–Crippen MR) is 118 cm³/mol. The van der Waals surface area contributed by atoms with E-state index in [4.69, 9.17) is 9.84 Å². The van der Waals surface area contributed by atoms with E-state index in [1.54, 1.807) is 17.2 Å². The lowest BCUT2D eigenvalue weighted by Crippen LogP contribution is -2.42.